The van der Waals surface area contributed by atoms with Gasteiger partial charge in [0.05, 0.1) is 17.3 Å². The van der Waals surface area contributed by atoms with Gasteiger partial charge in [0.2, 0.25) is 0 Å². The fraction of sp³-hybridized carbons (Fsp3) is 0.111. The molecule has 0 radical (unpaired) electrons. The zero-order chi connectivity index (χ0) is 19.6. The largest absolute Gasteiger partial charge is 0.504 e. The summed E-state index contributed by atoms with van der Waals surface area (Å²) in [5.41, 5.74) is 3.34. The lowest BCUT2D eigenvalue weighted by Gasteiger charge is -2.08. The highest BCUT2D eigenvalue weighted by Crippen LogP contribution is 2.33. The van der Waals surface area contributed by atoms with E-state index in [1.165, 1.54) is 6.21 Å². The number of rotatable bonds is 5. The lowest BCUT2D eigenvalue weighted by molar-refractivity contribution is 0.0929. The van der Waals surface area contributed by atoms with Gasteiger partial charge in [-0.3, -0.25) is 4.79 Å². The molecule has 3 aromatic rings. The van der Waals surface area contributed by atoms with E-state index in [1.807, 2.05) is 19.1 Å². The first-order chi connectivity index (χ1) is 12.9. The summed E-state index contributed by atoms with van der Waals surface area (Å²) >= 11 is 10.1. The predicted molar refractivity (Wildman–Crippen MR) is 114 cm³/mol. The number of fused-ring (bicyclic) bond motifs is 1. The normalized spacial score (nSPS) is 11.3. The summed E-state index contributed by atoms with van der Waals surface area (Å²) in [6.45, 7) is 2.23. The molecular weight excluding hydrogens is 548 g/mol. The molecule has 1 amide bonds. The number of amides is 1. The molecule has 0 saturated carbocycles. The van der Waals surface area contributed by atoms with E-state index in [1.54, 1.807) is 18.2 Å². The van der Waals surface area contributed by atoms with E-state index in [-0.39, 0.29) is 11.5 Å². The van der Waals surface area contributed by atoms with Crippen LogP contribution in [0.4, 0.5) is 0 Å². The number of benzene rings is 2. The van der Waals surface area contributed by atoms with Crippen molar-refractivity contribution in [2.45, 2.75) is 6.92 Å². The van der Waals surface area contributed by atoms with Gasteiger partial charge in [0.1, 0.15) is 5.58 Å². The standard InChI is InChI=1S/C18H13Br3N2O4/c1-2-26-14-7-12(20)4-10(16(14)24)8-22-23-18(25)15-5-9-3-11(19)6-13(21)17(9)27-15/h3-8,24H,2H2,1H3,(H,23,25)/b22-8-. The van der Waals surface area contributed by atoms with Crippen molar-refractivity contribution in [2.75, 3.05) is 6.61 Å². The molecule has 0 fully saturated rings. The van der Waals surface area contributed by atoms with E-state index in [0.717, 1.165) is 14.3 Å². The van der Waals surface area contributed by atoms with Crippen LogP contribution in [-0.4, -0.2) is 23.8 Å². The Morgan fingerprint density at radius 1 is 1.22 bits per heavy atom. The zero-order valence-corrected chi connectivity index (χ0v) is 18.7. The monoisotopic (exact) mass is 558 g/mol. The molecule has 0 atom stereocenters. The van der Waals surface area contributed by atoms with Gasteiger partial charge in [-0.2, -0.15) is 5.10 Å². The van der Waals surface area contributed by atoms with Gasteiger partial charge >= 0.3 is 5.91 Å². The first kappa shape index (κ1) is 19.9. The predicted octanol–water partition coefficient (Wildman–Crippen LogP) is 5.59. The van der Waals surface area contributed by atoms with Crippen molar-refractivity contribution in [3.05, 3.63) is 55.1 Å². The topological polar surface area (TPSA) is 84.1 Å². The number of carbonyl (C=O) groups excluding carboxylic acids is 1. The molecule has 0 aliphatic heterocycles. The molecule has 0 bridgehead atoms. The van der Waals surface area contributed by atoms with E-state index in [2.05, 4.69) is 58.3 Å². The highest BCUT2D eigenvalue weighted by Gasteiger charge is 2.14. The van der Waals surface area contributed by atoms with Crippen LogP contribution in [-0.2, 0) is 0 Å². The van der Waals surface area contributed by atoms with Crippen LogP contribution in [0.2, 0.25) is 0 Å². The number of nitrogens with zero attached hydrogens (tertiary/aromatic N) is 1. The number of nitrogens with one attached hydrogen (secondary N) is 1. The number of ether oxygens (including phenoxy) is 1. The lowest BCUT2D eigenvalue weighted by Crippen LogP contribution is -2.16. The highest BCUT2D eigenvalue weighted by molar-refractivity contribution is 9.11. The lowest BCUT2D eigenvalue weighted by atomic mass is 10.2. The van der Waals surface area contributed by atoms with Gasteiger partial charge in [-0.25, -0.2) is 5.43 Å². The van der Waals surface area contributed by atoms with Crippen LogP contribution < -0.4 is 10.2 Å². The van der Waals surface area contributed by atoms with Crippen LogP contribution in [0.15, 0.2) is 53.3 Å². The summed E-state index contributed by atoms with van der Waals surface area (Å²) < 4.78 is 13.2. The SMILES string of the molecule is CCOc1cc(Br)cc(/C=N\NC(=O)c2cc3cc(Br)cc(Br)c3o2)c1O. The van der Waals surface area contributed by atoms with Crippen LogP contribution in [0.5, 0.6) is 11.5 Å². The molecule has 27 heavy (non-hydrogen) atoms. The van der Waals surface area contributed by atoms with Crippen LogP contribution in [0.1, 0.15) is 23.0 Å². The fourth-order valence-electron chi connectivity index (χ4n) is 2.36. The number of halogens is 3. The maximum absolute atomic E-state index is 12.3. The Bertz CT molecular complexity index is 1050. The first-order valence-electron chi connectivity index (χ1n) is 7.76. The van der Waals surface area contributed by atoms with Crippen LogP contribution >= 0.6 is 47.8 Å². The van der Waals surface area contributed by atoms with Crippen LogP contribution in [0, 0.1) is 0 Å². The number of phenolic OH excluding ortho intramolecular Hbond substituents is 1. The van der Waals surface area contributed by atoms with Crippen molar-refractivity contribution in [3.8, 4) is 11.5 Å². The molecule has 2 N–H and O–H groups in total. The molecule has 0 spiro atoms. The molecule has 1 heterocycles. The zero-order valence-electron chi connectivity index (χ0n) is 13.9. The number of phenols is 1. The van der Waals surface area contributed by atoms with Crippen LogP contribution in [0.25, 0.3) is 11.0 Å². The summed E-state index contributed by atoms with van der Waals surface area (Å²) in [6.07, 6.45) is 1.33. The van der Waals surface area contributed by atoms with E-state index in [0.29, 0.717) is 28.0 Å². The summed E-state index contributed by atoms with van der Waals surface area (Å²) in [5, 5.41) is 14.9. The molecule has 140 valence electrons. The van der Waals surface area contributed by atoms with Gasteiger partial charge in [-0.05, 0) is 53.2 Å². The molecule has 0 aliphatic rings. The molecule has 2 aromatic carbocycles. The van der Waals surface area contributed by atoms with Gasteiger partial charge in [0, 0.05) is 19.9 Å². The minimum atomic E-state index is -0.509. The highest BCUT2D eigenvalue weighted by atomic mass is 79.9. The molecule has 3 rings (SSSR count). The third-order valence-electron chi connectivity index (χ3n) is 3.50. The maximum atomic E-state index is 12.3. The minimum absolute atomic E-state index is 0.0597. The van der Waals surface area contributed by atoms with Crippen molar-refractivity contribution < 1.29 is 19.1 Å². The molecule has 6 nitrogen and oxygen atoms in total. The smallest absolute Gasteiger partial charge is 0.307 e. The minimum Gasteiger partial charge on any atom is -0.504 e. The van der Waals surface area contributed by atoms with Crippen LogP contribution in [0.3, 0.4) is 0 Å². The number of hydrazone groups is 1. The van der Waals surface area contributed by atoms with Gasteiger partial charge in [0.15, 0.2) is 17.3 Å². The molecule has 0 aliphatic carbocycles. The van der Waals surface area contributed by atoms with Gasteiger partial charge in [-0.15, -0.1) is 0 Å². The van der Waals surface area contributed by atoms with Gasteiger partial charge in [-0.1, -0.05) is 31.9 Å². The third-order valence-corrected chi connectivity index (χ3v) is 5.00. The Balaban J connectivity index is 1.79. The quantitative estimate of drug-likeness (QED) is 0.315. The fourth-order valence-corrected chi connectivity index (χ4v) is 4.16. The first-order valence-corrected chi connectivity index (χ1v) is 10.1. The molecule has 0 saturated heterocycles. The van der Waals surface area contributed by atoms with Crippen molar-refractivity contribution in [1.29, 1.82) is 0 Å². The van der Waals surface area contributed by atoms with Gasteiger partial charge < -0.3 is 14.3 Å². The van der Waals surface area contributed by atoms with Crippen molar-refractivity contribution in [3.63, 3.8) is 0 Å². The Morgan fingerprint density at radius 3 is 2.70 bits per heavy atom. The Morgan fingerprint density at radius 2 is 1.96 bits per heavy atom. The molecule has 1 aromatic heterocycles. The maximum Gasteiger partial charge on any atom is 0.307 e. The van der Waals surface area contributed by atoms with Gasteiger partial charge in [0.25, 0.3) is 0 Å². The molecular formula is C18H13Br3N2O4. The summed E-state index contributed by atoms with van der Waals surface area (Å²) in [4.78, 5) is 12.3. The van der Waals surface area contributed by atoms with E-state index >= 15 is 0 Å². The number of hydrogen-bond acceptors (Lipinski definition) is 5. The summed E-state index contributed by atoms with van der Waals surface area (Å²) in [7, 11) is 0. The second kappa shape index (κ2) is 8.45. The second-order valence-electron chi connectivity index (χ2n) is 5.39. The second-order valence-corrected chi connectivity index (χ2v) is 8.08. The van der Waals surface area contributed by atoms with E-state index in [4.69, 9.17) is 9.15 Å². The Labute approximate surface area is 180 Å². The van der Waals surface area contributed by atoms with Crippen molar-refractivity contribution >= 4 is 70.9 Å². The molecule has 9 heteroatoms. The van der Waals surface area contributed by atoms with Crippen molar-refractivity contribution in [2.24, 2.45) is 5.10 Å². The number of hydrogen-bond donors (Lipinski definition) is 2. The number of aromatic hydroxyl groups is 1. The van der Waals surface area contributed by atoms with E-state index < -0.39 is 5.91 Å². The average Bonchev–Trinajstić information content (AvgIpc) is 3.03. The number of furan rings is 1. The summed E-state index contributed by atoms with van der Waals surface area (Å²) in [6, 6.07) is 8.61. The number of carbonyl (C=O) groups is 1. The van der Waals surface area contributed by atoms with Crippen molar-refractivity contribution in [1.82, 2.24) is 5.43 Å². The molecule has 0 unspecified atom stereocenters. The Hall–Kier alpha value is -1.84. The summed E-state index contributed by atoms with van der Waals surface area (Å²) in [5.74, 6) is -0.123. The Kier molecular flexibility index (Phi) is 6.23. The average molecular weight is 561 g/mol. The van der Waals surface area contributed by atoms with E-state index in [9.17, 15) is 9.90 Å². The third kappa shape index (κ3) is 4.53.